The van der Waals surface area contributed by atoms with Crippen molar-refractivity contribution >= 4 is 11.8 Å². The first kappa shape index (κ1) is 20.6. The van der Waals surface area contributed by atoms with Crippen molar-refractivity contribution in [3.63, 3.8) is 0 Å². The van der Waals surface area contributed by atoms with Gasteiger partial charge in [0, 0.05) is 12.6 Å². The number of amides is 2. The van der Waals surface area contributed by atoms with Crippen LogP contribution >= 0.6 is 0 Å². The summed E-state index contributed by atoms with van der Waals surface area (Å²) >= 11 is 0. The van der Waals surface area contributed by atoms with Crippen molar-refractivity contribution in [3.8, 4) is 0 Å². The first-order chi connectivity index (χ1) is 12.9. The van der Waals surface area contributed by atoms with Crippen molar-refractivity contribution in [2.45, 2.75) is 52.2 Å². The molecule has 2 rings (SSSR count). The first-order valence-electron chi connectivity index (χ1n) is 9.29. The molecule has 1 atom stereocenters. The van der Waals surface area contributed by atoms with Crippen LogP contribution in [0, 0.1) is 5.82 Å². The van der Waals surface area contributed by atoms with Crippen molar-refractivity contribution in [2.75, 3.05) is 0 Å². The highest BCUT2D eigenvalue weighted by atomic mass is 19.1. The van der Waals surface area contributed by atoms with E-state index in [9.17, 15) is 14.0 Å². The maximum Gasteiger partial charge on any atom is 0.243 e. The minimum absolute atomic E-state index is 0.0215. The molecule has 0 aliphatic carbocycles. The van der Waals surface area contributed by atoms with E-state index in [-0.39, 0.29) is 24.3 Å². The van der Waals surface area contributed by atoms with Crippen molar-refractivity contribution in [1.82, 2.24) is 10.2 Å². The molecule has 1 N–H and O–H groups in total. The van der Waals surface area contributed by atoms with Gasteiger partial charge in [0.25, 0.3) is 0 Å². The van der Waals surface area contributed by atoms with Gasteiger partial charge in [-0.15, -0.1) is 0 Å². The van der Waals surface area contributed by atoms with Crippen LogP contribution in [-0.2, 0) is 22.6 Å². The zero-order chi connectivity index (χ0) is 19.8. The highest BCUT2D eigenvalue weighted by molar-refractivity contribution is 5.88. The van der Waals surface area contributed by atoms with Crippen LogP contribution in [0.2, 0.25) is 0 Å². The van der Waals surface area contributed by atoms with E-state index in [4.69, 9.17) is 0 Å². The summed E-state index contributed by atoms with van der Waals surface area (Å²) in [6.45, 7) is 5.94. The number of nitrogens with zero attached hydrogens (tertiary/aromatic N) is 1. The standard InChI is InChI=1S/C22H27FN2O2/c1-4-20(22(27)24-16(2)3)25(15-17-10-6-5-7-11-17)21(26)14-18-12-8-9-13-19(18)23/h5-13,16,20H,4,14-15H2,1-3H3,(H,24,27)/t20-/m0/s1. The zero-order valence-corrected chi connectivity index (χ0v) is 16.1. The van der Waals surface area contributed by atoms with Crippen molar-refractivity contribution < 1.29 is 14.0 Å². The highest BCUT2D eigenvalue weighted by Gasteiger charge is 2.29. The number of benzene rings is 2. The third-order valence-corrected chi connectivity index (χ3v) is 4.31. The SMILES string of the molecule is CC[C@@H](C(=O)NC(C)C)N(Cc1ccccc1)C(=O)Cc1ccccc1F. The molecule has 0 fully saturated rings. The van der Waals surface area contributed by atoms with Crippen LogP contribution in [0.1, 0.15) is 38.3 Å². The topological polar surface area (TPSA) is 49.4 Å². The predicted octanol–water partition coefficient (Wildman–Crippen LogP) is 3.70. The number of hydrogen-bond donors (Lipinski definition) is 1. The molecule has 27 heavy (non-hydrogen) atoms. The molecule has 5 heteroatoms. The highest BCUT2D eigenvalue weighted by Crippen LogP contribution is 2.16. The van der Waals surface area contributed by atoms with Crippen molar-refractivity contribution in [1.29, 1.82) is 0 Å². The lowest BCUT2D eigenvalue weighted by Crippen LogP contribution is -2.50. The Bertz CT molecular complexity index is 762. The number of carbonyl (C=O) groups is 2. The molecule has 0 saturated heterocycles. The Hall–Kier alpha value is -2.69. The van der Waals surface area contributed by atoms with E-state index in [2.05, 4.69) is 5.32 Å². The fourth-order valence-electron chi connectivity index (χ4n) is 2.99. The molecule has 0 heterocycles. The van der Waals surface area contributed by atoms with Gasteiger partial charge in [-0.05, 0) is 37.5 Å². The first-order valence-corrected chi connectivity index (χ1v) is 9.29. The number of halogens is 1. The van der Waals surface area contributed by atoms with Gasteiger partial charge >= 0.3 is 0 Å². The Kier molecular flexibility index (Phi) is 7.53. The summed E-state index contributed by atoms with van der Waals surface area (Å²) in [5, 5.41) is 2.88. The minimum Gasteiger partial charge on any atom is -0.352 e. The summed E-state index contributed by atoms with van der Waals surface area (Å²) in [6.07, 6.45) is 0.402. The van der Waals surface area contributed by atoms with E-state index in [1.807, 2.05) is 51.1 Å². The largest absolute Gasteiger partial charge is 0.352 e. The summed E-state index contributed by atoms with van der Waals surface area (Å²) in [4.78, 5) is 27.3. The number of carbonyl (C=O) groups excluding carboxylic acids is 2. The summed E-state index contributed by atoms with van der Waals surface area (Å²) in [5.41, 5.74) is 1.26. The van der Waals surface area contributed by atoms with Crippen LogP contribution in [-0.4, -0.2) is 28.8 Å². The number of nitrogens with one attached hydrogen (secondary N) is 1. The average molecular weight is 370 g/mol. The van der Waals surface area contributed by atoms with Crippen LogP contribution in [0.25, 0.3) is 0 Å². The van der Waals surface area contributed by atoms with Crippen LogP contribution in [0.3, 0.4) is 0 Å². The molecule has 2 aromatic rings. The third kappa shape index (κ3) is 5.91. The molecule has 0 aromatic heterocycles. The van der Waals surface area contributed by atoms with Gasteiger partial charge in [0.1, 0.15) is 11.9 Å². The molecule has 144 valence electrons. The Morgan fingerprint density at radius 3 is 2.26 bits per heavy atom. The van der Waals surface area contributed by atoms with E-state index in [1.165, 1.54) is 6.07 Å². The Morgan fingerprint density at radius 2 is 1.67 bits per heavy atom. The number of rotatable bonds is 8. The second kappa shape index (κ2) is 9.86. The van der Waals surface area contributed by atoms with E-state index in [1.54, 1.807) is 23.1 Å². The monoisotopic (exact) mass is 370 g/mol. The zero-order valence-electron chi connectivity index (χ0n) is 16.1. The molecule has 2 aromatic carbocycles. The molecule has 0 aliphatic heterocycles. The predicted molar refractivity (Wildman–Crippen MR) is 104 cm³/mol. The summed E-state index contributed by atoms with van der Waals surface area (Å²) in [5.74, 6) is -0.870. The number of hydrogen-bond acceptors (Lipinski definition) is 2. The summed E-state index contributed by atoms with van der Waals surface area (Å²) < 4.78 is 14.0. The van der Waals surface area contributed by atoms with Gasteiger partial charge in [0.05, 0.1) is 6.42 Å². The van der Waals surface area contributed by atoms with Gasteiger partial charge in [-0.3, -0.25) is 9.59 Å². The Balaban J connectivity index is 2.28. The average Bonchev–Trinajstić information content (AvgIpc) is 2.63. The summed E-state index contributed by atoms with van der Waals surface area (Å²) in [6, 6.07) is 15.1. The normalized spacial score (nSPS) is 11.9. The van der Waals surface area contributed by atoms with Crippen LogP contribution in [0.15, 0.2) is 54.6 Å². The van der Waals surface area contributed by atoms with Crippen LogP contribution in [0.4, 0.5) is 4.39 Å². The molecule has 0 saturated carbocycles. The molecule has 0 radical (unpaired) electrons. The second-order valence-corrected chi connectivity index (χ2v) is 6.86. The lowest BCUT2D eigenvalue weighted by atomic mass is 10.1. The quantitative estimate of drug-likeness (QED) is 0.770. The summed E-state index contributed by atoms with van der Waals surface area (Å²) in [7, 11) is 0. The van der Waals surface area contributed by atoms with Gasteiger partial charge in [0.15, 0.2) is 0 Å². The lowest BCUT2D eigenvalue weighted by molar-refractivity contribution is -0.141. The van der Waals surface area contributed by atoms with E-state index in [0.29, 0.717) is 18.5 Å². The Labute approximate surface area is 160 Å². The molecule has 4 nitrogen and oxygen atoms in total. The van der Waals surface area contributed by atoms with Crippen LogP contribution in [0.5, 0.6) is 0 Å². The molecule has 0 spiro atoms. The van der Waals surface area contributed by atoms with Gasteiger partial charge in [-0.25, -0.2) is 4.39 Å². The minimum atomic E-state index is -0.605. The van der Waals surface area contributed by atoms with Gasteiger partial charge in [-0.2, -0.15) is 0 Å². The van der Waals surface area contributed by atoms with E-state index in [0.717, 1.165) is 5.56 Å². The van der Waals surface area contributed by atoms with Crippen LogP contribution < -0.4 is 5.32 Å². The maximum atomic E-state index is 14.0. The lowest BCUT2D eigenvalue weighted by Gasteiger charge is -2.31. The fraction of sp³-hybridized carbons (Fsp3) is 0.364. The maximum absolute atomic E-state index is 14.0. The molecule has 0 bridgehead atoms. The van der Waals surface area contributed by atoms with E-state index < -0.39 is 11.9 Å². The van der Waals surface area contributed by atoms with Gasteiger partial charge in [-0.1, -0.05) is 55.5 Å². The van der Waals surface area contributed by atoms with Crippen molar-refractivity contribution in [2.24, 2.45) is 0 Å². The molecule has 0 unspecified atom stereocenters. The third-order valence-electron chi connectivity index (χ3n) is 4.31. The van der Waals surface area contributed by atoms with Gasteiger partial charge in [0.2, 0.25) is 11.8 Å². The fourth-order valence-corrected chi connectivity index (χ4v) is 2.99. The molecule has 2 amide bonds. The smallest absolute Gasteiger partial charge is 0.243 e. The second-order valence-electron chi connectivity index (χ2n) is 6.86. The molecular weight excluding hydrogens is 343 g/mol. The van der Waals surface area contributed by atoms with Crippen molar-refractivity contribution in [3.05, 3.63) is 71.5 Å². The Morgan fingerprint density at radius 1 is 1.04 bits per heavy atom. The van der Waals surface area contributed by atoms with Gasteiger partial charge < -0.3 is 10.2 Å². The van der Waals surface area contributed by atoms with E-state index >= 15 is 0 Å². The molecular formula is C22H27FN2O2. The molecule has 0 aliphatic rings.